The molecule has 1 heterocycles. The molecule has 6 heteroatoms. The molecule has 1 N–H and O–H groups in total. The molecular weight excluding hydrogens is 336 g/mol. The van der Waals surface area contributed by atoms with Crippen LogP contribution in [-0.4, -0.2) is 25.9 Å². The van der Waals surface area contributed by atoms with Gasteiger partial charge in [0, 0.05) is 25.4 Å². The molecule has 0 aliphatic rings. The highest BCUT2D eigenvalue weighted by molar-refractivity contribution is 7.91. The Kier molecular flexibility index (Phi) is 6.70. The first kappa shape index (κ1) is 19.1. The number of benzene rings is 1. The summed E-state index contributed by atoms with van der Waals surface area (Å²) in [6.45, 7) is 3.95. The van der Waals surface area contributed by atoms with Crippen molar-refractivity contribution >= 4 is 15.7 Å². The summed E-state index contributed by atoms with van der Waals surface area (Å²) in [5.41, 5.74) is 1.56. The fourth-order valence-corrected chi connectivity index (χ4v) is 4.14. The molecule has 1 atom stereocenters. The summed E-state index contributed by atoms with van der Waals surface area (Å²) in [7, 11) is -3.64. The van der Waals surface area contributed by atoms with E-state index in [1.807, 2.05) is 13.8 Å². The third-order valence-corrected chi connectivity index (χ3v) is 6.14. The lowest BCUT2D eigenvalue weighted by Crippen LogP contribution is -2.31. The van der Waals surface area contributed by atoms with E-state index < -0.39 is 15.1 Å². The Balaban J connectivity index is 2.28. The van der Waals surface area contributed by atoms with E-state index >= 15 is 0 Å². The van der Waals surface area contributed by atoms with Crippen LogP contribution in [0.5, 0.6) is 0 Å². The molecule has 0 aliphatic heterocycles. The molecule has 0 fully saturated rings. The van der Waals surface area contributed by atoms with Crippen LogP contribution in [0.25, 0.3) is 0 Å². The van der Waals surface area contributed by atoms with Gasteiger partial charge in [-0.3, -0.25) is 9.78 Å². The summed E-state index contributed by atoms with van der Waals surface area (Å²) in [5.74, 6) is -0.130. The number of carbonyl (C=O) groups excluding carboxylic acids is 1. The van der Waals surface area contributed by atoms with Crippen LogP contribution in [0.4, 0.5) is 0 Å². The van der Waals surface area contributed by atoms with Gasteiger partial charge in [-0.1, -0.05) is 37.1 Å². The van der Waals surface area contributed by atoms with Crippen molar-refractivity contribution in [1.82, 2.24) is 10.3 Å². The van der Waals surface area contributed by atoms with Crippen LogP contribution >= 0.6 is 0 Å². The molecule has 0 unspecified atom stereocenters. The number of hydrogen-bond acceptors (Lipinski definition) is 4. The van der Waals surface area contributed by atoms with Crippen molar-refractivity contribution in [3.05, 3.63) is 59.9 Å². The molecular formula is C19H24N2O3S. The first-order chi connectivity index (χ1) is 11.9. The van der Waals surface area contributed by atoms with Crippen molar-refractivity contribution in [1.29, 1.82) is 0 Å². The van der Waals surface area contributed by atoms with Gasteiger partial charge in [0.25, 0.3) is 0 Å². The van der Waals surface area contributed by atoms with E-state index in [2.05, 4.69) is 10.3 Å². The molecule has 1 amide bonds. The third-order valence-electron chi connectivity index (χ3n) is 4.02. The zero-order valence-corrected chi connectivity index (χ0v) is 15.4. The van der Waals surface area contributed by atoms with E-state index in [1.165, 1.54) is 6.20 Å². The van der Waals surface area contributed by atoms with Gasteiger partial charge in [0.1, 0.15) is 5.25 Å². The fraction of sp³-hybridized carbons (Fsp3) is 0.368. The average Bonchev–Trinajstić information content (AvgIpc) is 2.61. The van der Waals surface area contributed by atoms with Gasteiger partial charge in [-0.15, -0.1) is 0 Å². The van der Waals surface area contributed by atoms with Crippen LogP contribution in [0.2, 0.25) is 0 Å². The summed E-state index contributed by atoms with van der Waals surface area (Å²) >= 11 is 0. The molecule has 0 spiro atoms. The SMILES string of the molecule is CCCCC(=O)NC[C@H](c1cccnc1)S(=O)(=O)c1ccc(C)cc1. The topological polar surface area (TPSA) is 76.1 Å². The lowest BCUT2D eigenvalue weighted by molar-refractivity contribution is -0.121. The monoisotopic (exact) mass is 360 g/mol. The van der Waals surface area contributed by atoms with Crippen LogP contribution < -0.4 is 5.32 Å². The van der Waals surface area contributed by atoms with Crippen LogP contribution in [0.1, 0.15) is 42.6 Å². The minimum absolute atomic E-state index is 0.0322. The molecule has 0 bridgehead atoms. The molecule has 25 heavy (non-hydrogen) atoms. The van der Waals surface area contributed by atoms with Gasteiger partial charge in [-0.2, -0.15) is 0 Å². The van der Waals surface area contributed by atoms with Gasteiger partial charge in [-0.05, 0) is 37.1 Å². The van der Waals surface area contributed by atoms with Crippen LogP contribution in [0.3, 0.4) is 0 Å². The smallest absolute Gasteiger partial charge is 0.220 e. The normalized spacial score (nSPS) is 12.6. The second-order valence-corrected chi connectivity index (χ2v) is 8.17. The standard InChI is InChI=1S/C19H24N2O3S/c1-3-4-7-19(22)21-14-18(16-6-5-12-20-13-16)25(23,24)17-10-8-15(2)9-11-17/h5-6,8-13,18H,3-4,7,14H2,1-2H3,(H,21,22)/t18-/m1/s1. The summed E-state index contributed by atoms with van der Waals surface area (Å²) < 4.78 is 26.2. The molecule has 0 aliphatic carbocycles. The van der Waals surface area contributed by atoms with Gasteiger partial charge in [-0.25, -0.2) is 8.42 Å². The lowest BCUT2D eigenvalue weighted by Gasteiger charge is -2.19. The number of amides is 1. The Hall–Kier alpha value is -2.21. The predicted molar refractivity (Wildman–Crippen MR) is 97.9 cm³/mol. The molecule has 1 aromatic heterocycles. The number of rotatable bonds is 8. The highest BCUT2D eigenvalue weighted by Crippen LogP contribution is 2.28. The number of nitrogens with one attached hydrogen (secondary N) is 1. The zero-order chi connectivity index (χ0) is 18.3. The summed E-state index contributed by atoms with van der Waals surface area (Å²) in [6, 6.07) is 10.2. The molecule has 5 nitrogen and oxygen atoms in total. The Bertz CT molecular complexity index is 787. The number of unbranched alkanes of at least 4 members (excludes halogenated alkanes) is 1. The van der Waals surface area contributed by atoms with Crippen molar-refractivity contribution in [2.45, 2.75) is 43.3 Å². The minimum atomic E-state index is -3.64. The van der Waals surface area contributed by atoms with Crippen molar-refractivity contribution in [2.24, 2.45) is 0 Å². The molecule has 134 valence electrons. The van der Waals surface area contributed by atoms with Gasteiger partial charge < -0.3 is 5.32 Å². The van der Waals surface area contributed by atoms with Gasteiger partial charge in [0.15, 0.2) is 9.84 Å². The summed E-state index contributed by atoms with van der Waals surface area (Å²) in [5, 5.41) is 1.89. The second-order valence-electron chi connectivity index (χ2n) is 6.04. The van der Waals surface area contributed by atoms with Crippen molar-refractivity contribution < 1.29 is 13.2 Å². The van der Waals surface area contributed by atoms with Gasteiger partial charge in [0.2, 0.25) is 5.91 Å². The minimum Gasteiger partial charge on any atom is -0.354 e. The Morgan fingerprint density at radius 2 is 1.92 bits per heavy atom. The maximum Gasteiger partial charge on any atom is 0.220 e. The third kappa shape index (κ3) is 5.13. The molecule has 2 rings (SSSR count). The van der Waals surface area contributed by atoms with E-state index in [0.29, 0.717) is 12.0 Å². The number of sulfone groups is 1. The van der Waals surface area contributed by atoms with Crippen molar-refractivity contribution in [2.75, 3.05) is 6.54 Å². The Morgan fingerprint density at radius 1 is 1.20 bits per heavy atom. The fourth-order valence-electron chi connectivity index (χ4n) is 2.50. The van der Waals surface area contributed by atoms with Crippen LogP contribution in [0, 0.1) is 6.92 Å². The molecule has 0 saturated carbocycles. The van der Waals surface area contributed by atoms with E-state index in [4.69, 9.17) is 0 Å². The van der Waals surface area contributed by atoms with Crippen molar-refractivity contribution in [3.8, 4) is 0 Å². The first-order valence-corrected chi connectivity index (χ1v) is 9.97. The highest BCUT2D eigenvalue weighted by Gasteiger charge is 2.29. The summed E-state index contributed by atoms with van der Waals surface area (Å²) in [6.07, 6.45) is 5.24. The quantitative estimate of drug-likeness (QED) is 0.784. The number of hydrogen-bond donors (Lipinski definition) is 1. The van der Waals surface area contributed by atoms with Crippen LogP contribution in [-0.2, 0) is 14.6 Å². The zero-order valence-electron chi connectivity index (χ0n) is 14.6. The molecule has 1 aromatic carbocycles. The van der Waals surface area contributed by atoms with E-state index in [9.17, 15) is 13.2 Å². The average molecular weight is 360 g/mol. The predicted octanol–water partition coefficient (Wildman–Crippen LogP) is 3.21. The molecule has 0 radical (unpaired) electrons. The maximum absolute atomic E-state index is 13.1. The van der Waals surface area contributed by atoms with Crippen molar-refractivity contribution in [3.63, 3.8) is 0 Å². The first-order valence-electron chi connectivity index (χ1n) is 8.42. The highest BCUT2D eigenvalue weighted by atomic mass is 32.2. The van der Waals surface area contributed by atoms with Gasteiger partial charge >= 0.3 is 0 Å². The van der Waals surface area contributed by atoms with E-state index in [1.54, 1.807) is 42.6 Å². The number of nitrogens with zero attached hydrogens (tertiary/aromatic N) is 1. The number of pyridine rings is 1. The van der Waals surface area contributed by atoms with E-state index in [0.717, 1.165) is 18.4 Å². The van der Waals surface area contributed by atoms with E-state index in [-0.39, 0.29) is 17.3 Å². The molecule has 0 saturated heterocycles. The summed E-state index contributed by atoms with van der Waals surface area (Å²) in [4.78, 5) is 16.2. The lowest BCUT2D eigenvalue weighted by atomic mass is 10.2. The second kappa shape index (κ2) is 8.76. The molecule has 2 aromatic rings. The number of aromatic nitrogens is 1. The van der Waals surface area contributed by atoms with Crippen LogP contribution in [0.15, 0.2) is 53.7 Å². The number of aryl methyl sites for hydroxylation is 1. The Labute approximate surface area is 149 Å². The maximum atomic E-state index is 13.1. The number of carbonyl (C=O) groups is 1. The van der Waals surface area contributed by atoms with Gasteiger partial charge in [0.05, 0.1) is 4.90 Å². The Morgan fingerprint density at radius 3 is 2.52 bits per heavy atom. The largest absolute Gasteiger partial charge is 0.354 e.